The zero-order chi connectivity index (χ0) is 32.0. The number of hydrogen-bond acceptors (Lipinski definition) is 10. The molecule has 0 rings (SSSR count). The Hall–Kier alpha value is -4.72. The fourth-order valence-electron chi connectivity index (χ4n) is 1.16. The van der Waals surface area contributed by atoms with Gasteiger partial charge in [0.15, 0.2) is 0 Å². The lowest BCUT2D eigenvalue weighted by Crippen LogP contribution is -2.18. The lowest BCUT2D eigenvalue weighted by Gasteiger charge is -2.13. The molecule has 1 unspecified atom stereocenters. The van der Waals surface area contributed by atoms with Crippen molar-refractivity contribution >= 4 is 29.8 Å². The van der Waals surface area contributed by atoms with Crippen LogP contribution in [-0.4, -0.2) is 61.4 Å². The topological polar surface area (TPSA) is 166 Å². The van der Waals surface area contributed by atoms with Gasteiger partial charge in [-0.2, -0.15) is 5.26 Å². The Bertz CT molecular complexity index is 893. The molecule has 0 aliphatic heterocycles. The van der Waals surface area contributed by atoms with Gasteiger partial charge in [-0.05, 0) is 34.6 Å². The minimum absolute atomic E-state index is 0.205. The summed E-state index contributed by atoms with van der Waals surface area (Å²) in [6.45, 7) is 28.4. The standard InChI is InChI=1S/C12H18O4.2C5H8O2.C3H3N.C3H4O2/c1-8(2)11(13)15-7-6-10(5)16-12(14)9(3)4;1-4(2)5(6)7-3;1-3-5(6)7-4-2;1-2-3-4;1-2-3(4)5/h10H,1,3,6-7H2,2,4-5H3;1H2,2-3H3;3H,1,4H2,2H3;2H,1H2;2H,1H2,(H,4,5). The lowest BCUT2D eigenvalue weighted by molar-refractivity contribution is -0.145. The van der Waals surface area contributed by atoms with Crippen molar-refractivity contribution in [2.45, 2.75) is 47.1 Å². The molecule has 218 valence electrons. The van der Waals surface area contributed by atoms with Crippen LogP contribution in [0.25, 0.3) is 0 Å². The second kappa shape index (κ2) is 31.3. The molecule has 0 heterocycles. The van der Waals surface area contributed by atoms with Gasteiger partial charge in [0.05, 0.1) is 26.4 Å². The number of nitriles is 1. The summed E-state index contributed by atoms with van der Waals surface area (Å²) in [5, 5.41) is 15.1. The molecule has 0 saturated heterocycles. The van der Waals surface area contributed by atoms with Gasteiger partial charge in [-0.25, -0.2) is 24.0 Å². The predicted molar refractivity (Wildman–Crippen MR) is 148 cm³/mol. The SMILES string of the molecule is C=C(C)C(=O)OC.C=C(C)C(=O)OCCC(C)OC(=O)C(=C)C.C=CC#N.C=CC(=O)O.C=CC(=O)OCC. The van der Waals surface area contributed by atoms with E-state index in [4.69, 9.17) is 19.8 Å². The van der Waals surface area contributed by atoms with Crippen LogP contribution in [0.5, 0.6) is 0 Å². The first-order valence-electron chi connectivity index (χ1n) is 11.1. The van der Waals surface area contributed by atoms with E-state index in [1.165, 1.54) is 13.2 Å². The average Bonchev–Trinajstić information content (AvgIpc) is 2.88. The molecule has 11 heteroatoms. The summed E-state index contributed by atoms with van der Waals surface area (Å²) in [6.07, 6.45) is 3.31. The van der Waals surface area contributed by atoms with Crippen molar-refractivity contribution in [3.05, 3.63) is 74.4 Å². The Labute approximate surface area is 231 Å². The average molecular weight is 552 g/mol. The summed E-state index contributed by atoms with van der Waals surface area (Å²) < 4.78 is 18.6. The monoisotopic (exact) mass is 551 g/mol. The summed E-state index contributed by atoms with van der Waals surface area (Å²) in [7, 11) is 1.33. The largest absolute Gasteiger partial charge is 0.478 e. The molecule has 0 aromatic carbocycles. The van der Waals surface area contributed by atoms with Crippen LogP contribution in [-0.2, 0) is 42.9 Å². The first-order chi connectivity index (χ1) is 18.0. The molecular formula is C28H41NO10. The number of methoxy groups -OCH3 is 1. The van der Waals surface area contributed by atoms with Crippen molar-refractivity contribution in [3.63, 3.8) is 0 Å². The molecule has 39 heavy (non-hydrogen) atoms. The molecular weight excluding hydrogens is 510 g/mol. The van der Waals surface area contributed by atoms with E-state index in [0.717, 1.165) is 12.2 Å². The molecule has 0 spiro atoms. The molecule has 0 saturated carbocycles. The summed E-state index contributed by atoms with van der Waals surface area (Å²) in [5.41, 5.74) is 1.14. The maximum atomic E-state index is 11.1. The van der Waals surface area contributed by atoms with Gasteiger partial charge in [-0.1, -0.05) is 39.5 Å². The van der Waals surface area contributed by atoms with Crippen LogP contribution in [0.3, 0.4) is 0 Å². The minimum atomic E-state index is -0.981. The Morgan fingerprint density at radius 3 is 1.49 bits per heavy atom. The second-order valence-corrected chi connectivity index (χ2v) is 6.80. The van der Waals surface area contributed by atoms with Gasteiger partial charge in [-0.15, -0.1) is 0 Å². The molecule has 0 aromatic heterocycles. The van der Waals surface area contributed by atoms with Crippen LogP contribution in [0.15, 0.2) is 74.4 Å². The number of esters is 4. The molecule has 0 aliphatic rings. The maximum Gasteiger partial charge on any atom is 0.333 e. The zero-order valence-corrected chi connectivity index (χ0v) is 23.7. The molecule has 1 atom stereocenters. The number of carbonyl (C=O) groups excluding carboxylic acids is 4. The molecule has 0 amide bonds. The molecule has 0 aromatic rings. The van der Waals surface area contributed by atoms with E-state index >= 15 is 0 Å². The number of carboxylic acid groups (broad SMARTS) is 1. The van der Waals surface area contributed by atoms with Crippen molar-refractivity contribution in [1.29, 1.82) is 5.26 Å². The van der Waals surface area contributed by atoms with Gasteiger partial charge in [0, 0.05) is 41.4 Å². The molecule has 0 radical (unpaired) electrons. The summed E-state index contributed by atoms with van der Waals surface area (Å²) >= 11 is 0. The van der Waals surface area contributed by atoms with E-state index in [-0.39, 0.29) is 24.6 Å². The van der Waals surface area contributed by atoms with Crippen molar-refractivity contribution in [2.24, 2.45) is 0 Å². The van der Waals surface area contributed by atoms with Crippen molar-refractivity contribution in [2.75, 3.05) is 20.3 Å². The Balaban J connectivity index is -0.000000139. The van der Waals surface area contributed by atoms with Crippen LogP contribution in [0.2, 0.25) is 0 Å². The van der Waals surface area contributed by atoms with Crippen LogP contribution >= 0.6 is 0 Å². The van der Waals surface area contributed by atoms with E-state index in [0.29, 0.717) is 29.7 Å². The number of hydrogen-bond donors (Lipinski definition) is 1. The lowest BCUT2D eigenvalue weighted by atomic mass is 10.3. The van der Waals surface area contributed by atoms with Gasteiger partial charge in [-0.3, -0.25) is 0 Å². The van der Waals surface area contributed by atoms with Gasteiger partial charge in [0.1, 0.15) is 6.10 Å². The van der Waals surface area contributed by atoms with E-state index in [1.54, 1.807) is 40.7 Å². The number of nitrogens with zero attached hydrogens (tertiary/aromatic N) is 1. The second-order valence-electron chi connectivity index (χ2n) is 6.80. The Kier molecular flexibility index (Phi) is 35.6. The molecule has 1 N–H and O–H groups in total. The summed E-state index contributed by atoms with van der Waals surface area (Å²) in [4.78, 5) is 51.6. The highest BCUT2D eigenvalue weighted by molar-refractivity contribution is 5.87. The molecule has 0 bridgehead atoms. The van der Waals surface area contributed by atoms with Crippen molar-refractivity contribution < 1.29 is 48.0 Å². The van der Waals surface area contributed by atoms with E-state index < -0.39 is 17.9 Å². The third-order valence-corrected chi connectivity index (χ3v) is 3.02. The van der Waals surface area contributed by atoms with Crippen LogP contribution < -0.4 is 0 Å². The number of allylic oxidation sites excluding steroid dienone is 1. The van der Waals surface area contributed by atoms with E-state index in [1.807, 2.05) is 0 Å². The van der Waals surface area contributed by atoms with Crippen LogP contribution in [0, 0.1) is 11.3 Å². The van der Waals surface area contributed by atoms with Gasteiger partial charge in [0.2, 0.25) is 0 Å². The normalized spacial score (nSPS) is 8.64. The highest BCUT2D eigenvalue weighted by Crippen LogP contribution is 2.03. The Morgan fingerprint density at radius 1 is 0.872 bits per heavy atom. The first kappa shape index (κ1) is 44.3. The Morgan fingerprint density at radius 2 is 1.28 bits per heavy atom. The quantitative estimate of drug-likeness (QED) is 0.177. The third kappa shape index (κ3) is 43.8. The maximum absolute atomic E-state index is 11.1. The fraction of sp³-hybridized carbons (Fsp3) is 0.357. The van der Waals surface area contributed by atoms with Gasteiger partial charge >= 0.3 is 29.8 Å². The van der Waals surface area contributed by atoms with Crippen LogP contribution in [0.4, 0.5) is 0 Å². The number of ether oxygens (including phenoxy) is 4. The van der Waals surface area contributed by atoms with Crippen LogP contribution in [0.1, 0.15) is 41.0 Å². The third-order valence-electron chi connectivity index (χ3n) is 3.02. The highest BCUT2D eigenvalue weighted by Gasteiger charge is 2.11. The summed E-state index contributed by atoms with van der Waals surface area (Å²) in [6, 6.07) is 1.69. The van der Waals surface area contributed by atoms with Gasteiger partial charge < -0.3 is 24.1 Å². The zero-order valence-electron chi connectivity index (χ0n) is 23.7. The van der Waals surface area contributed by atoms with Crippen molar-refractivity contribution in [3.8, 4) is 6.07 Å². The molecule has 11 nitrogen and oxygen atoms in total. The first-order valence-corrected chi connectivity index (χ1v) is 11.1. The predicted octanol–water partition coefficient (Wildman–Crippen LogP) is 4.43. The fourth-order valence-corrected chi connectivity index (χ4v) is 1.16. The van der Waals surface area contributed by atoms with E-state index in [2.05, 4.69) is 48.9 Å². The van der Waals surface area contributed by atoms with E-state index in [9.17, 15) is 24.0 Å². The number of rotatable bonds is 10. The minimum Gasteiger partial charge on any atom is -0.478 e. The van der Waals surface area contributed by atoms with Gasteiger partial charge in [0.25, 0.3) is 0 Å². The van der Waals surface area contributed by atoms with Crippen molar-refractivity contribution in [1.82, 2.24) is 0 Å². The highest BCUT2D eigenvalue weighted by atomic mass is 16.6. The smallest absolute Gasteiger partial charge is 0.333 e. The summed E-state index contributed by atoms with van der Waals surface area (Å²) in [5.74, 6) is -2.55. The molecule has 0 aliphatic carbocycles. The molecule has 0 fully saturated rings. The number of carbonyl (C=O) groups is 5. The number of carboxylic acids is 1. The number of aliphatic carboxylic acids is 1.